The number of benzene rings is 3. The predicted octanol–water partition coefficient (Wildman–Crippen LogP) is 7.09. The van der Waals surface area contributed by atoms with E-state index in [4.69, 9.17) is 11.6 Å². The first-order chi connectivity index (χ1) is 20.0. The number of likely N-dealkylation sites (tertiary alicyclic amines) is 1. The minimum Gasteiger partial charge on any atom is -0.337 e. The van der Waals surface area contributed by atoms with Crippen molar-refractivity contribution in [2.24, 2.45) is 0 Å². The van der Waals surface area contributed by atoms with Crippen LogP contribution in [-0.4, -0.2) is 73.1 Å². The van der Waals surface area contributed by atoms with Crippen LogP contribution in [-0.2, 0) is 13.0 Å². The largest absolute Gasteiger partial charge is 0.337 e. The van der Waals surface area contributed by atoms with Crippen molar-refractivity contribution >= 4 is 23.0 Å². The highest BCUT2D eigenvalue weighted by Gasteiger charge is 2.42. The van der Waals surface area contributed by atoms with Crippen LogP contribution >= 0.6 is 11.6 Å². The van der Waals surface area contributed by atoms with Gasteiger partial charge in [-0.25, -0.2) is 8.78 Å². The lowest BCUT2D eigenvalue weighted by molar-refractivity contribution is 0.123. The van der Waals surface area contributed by atoms with Crippen LogP contribution < -0.4 is 4.90 Å². The molecule has 0 amide bonds. The average molecular weight is 579 g/mol. The molecule has 3 aromatic rings. The Bertz CT molecular complexity index is 1320. The lowest BCUT2D eigenvalue weighted by Crippen LogP contribution is -2.46. The van der Waals surface area contributed by atoms with E-state index in [1.54, 1.807) is 12.1 Å². The molecular formula is C34H41ClF2N4. The van der Waals surface area contributed by atoms with Gasteiger partial charge in [-0.05, 0) is 104 Å². The zero-order chi connectivity index (χ0) is 28.3. The Hall–Kier alpha value is -2.51. The molecule has 0 radical (unpaired) electrons. The van der Waals surface area contributed by atoms with Crippen LogP contribution in [0.25, 0.3) is 0 Å². The predicted molar refractivity (Wildman–Crippen MR) is 164 cm³/mol. The van der Waals surface area contributed by atoms with Crippen LogP contribution in [0.5, 0.6) is 0 Å². The van der Waals surface area contributed by atoms with Crippen molar-refractivity contribution in [3.05, 3.63) is 94.0 Å². The summed E-state index contributed by atoms with van der Waals surface area (Å²) in [5.74, 6) is -0.150. The maximum Gasteiger partial charge on any atom is 0.123 e. The standard InChI is InChI=1S/C34H41ClF2N4/c1-2-29-25(6-5-7-32(29)35)23-40-20-18-38(19-21-40)15-3-4-16-39-17-14-34-31(24-39)30-22-27(37)10-13-33(30)41(34)28-11-8-26(36)9-12-28/h5-13,22,31,34H,2-4,14-21,23-24H2,1H3. The Morgan fingerprint density at radius 3 is 2.27 bits per heavy atom. The van der Waals surface area contributed by atoms with Crippen molar-refractivity contribution < 1.29 is 8.78 Å². The third-order valence-electron chi connectivity index (χ3n) is 9.37. The van der Waals surface area contributed by atoms with E-state index in [0.717, 1.165) is 93.7 Å². The van der Waals surface area contributed by atoms with E-state index in [9.17, 15) is 8.78 Å². The topological polar surface area (TPSA) is 13.0 Å². The van der Waals surface area contributed by atoms with Gasteiger partial charge in [-0.2, -0.15) is 0 Å². The summed E-state index contributed by atoms with van der Waals surface area (Å²) in [5, 5.41) is 0.891. The quantitative estimate of drug-likeness (QED) is 0.251. The van der Waals surface area contributed by atoms with Gasteiger partial charge < -0.3 is 14.7 Å². The molecule has 0 spiro atoms. The number of nitrogens with zero attached hydrogens (tertiary/aromatic N) is 4. The van der Waals surface area contributed by atoms with Gasteiger partial charge in [0.1, 0.15) is 11.6 Å². The highest BCUT2D eigenvalue weighted by atomic mass is 35.5. The number of unbranched alkanes of at least 4 members (excludes halogenated alkanes) is 1. The molecule has 3 aliphatic rings. The summed E-state index contributed by atoms with van der Waals surface area (Å²) in [4.78, 5) is 10.0. The molecule has 0 bridgehead atoms. The van der Waals surface area contributed by atoms with Crippen LogP contribution in [0.15, 0.2) is 60.7 Å². The molecule has 2 saturated heterocycles. The summed E-state index contributed by atoms with van der Waals surface area (Å²) in [7, 11) is 0. The summed E-state index contributed by atoms with van der Waals surface area (Å²) in [6, 6.07) is 18.5. The maximum atomic E-state index is 14.3. The van der Waals surface area contributed by atoms with Gasteiger partial charge in [0.15, 0.2) is 0 Å². The number of hydrogen-bond donors (Lipinski definition) is 0. The highest BCUT2D eigenvalue weighted by molar-refractivity contribution is 6.31. The zero-order valence-electron chi connectivity index (χ0n) is 24.0. The van der Waals surface area contributed by atoms with E-state index in [2.05, 4.69) is 38.7 Å². The highest BCUT2D eigenvalue weighted by Crippen LogP contribution is 2.48. The van der Waals surface area contributed by atoms with Crippen molar-refractivity contribution in [2.75, 3.05) is 57.3 Å². The number of piperazine rings is 1. The van der Waals surface area contributed by atoms with E-state index >= 15 is 0 Å². The van der Waals surface area contributed by atoms with Crippen molar-refractivity contribution in [3.63, 3.8) is 0 Å². The van der Waals surface area contributed by atoms with Gasteiger partial charge in [-0.3, -0.25) is 4.90 Å². The Morgan fingerprint density at radius 1 is 0.805 bits per heavy atom. The number of fused-ring (bicyclic) bond motifs is 3. The molecule has 0 N–H and O–H groups in total. The van der Waals surface area contributed by atoms with Crippen molar-refractivity contribution in [1.82, 2.24) is 14.7 Å². The Kier molecular flexibility index (Phi) is 8.92. The average Bonchev–Trinajstić information content (AvgIpc) is 3.29. The Labute approximate surface area is 248 Å². The number of hydrogen-bond acceptors (Lipinski definition) is 4. The van der Waals surface area contributed by atoms with Crippen molar-refractivity contribution in [3.8, 4) is 0 Å². The monoisotopic (exact) mass is 578 g/mol. The maximum absolute atomic E-state index is 14.3. The van der Waals surface area contributed by atoms with Crippen LogP contribution in [0.3, 0.4) is 0 Å². The lowest BCUT2D eigenvalue weighted by atomic mass is 9.89. The van der Waals surface area contributed by atoms with Gasteiger partial charge in [-0.15, -0.1) is 0 Å². The molecule has 7 heteroatoms. The normalized spacial score (nSPS) is 21.7. The SMILES string of the molecule is CCc1c(Cl)cccc1CN1CCN(CCCCN2CCC3C(C2)c2cc(F)ccc2N3c2ccc(F)cc2)CC1. The fraction of sp³-hybridized carbons (Fsp3) is 0.471. The molecule has 0 aliphatic carbocycles. The number of rotatable bonds is 9. The molecule has 0 saturated carbocycles. The fourth-order valence-electron chi connectivity index (χ4n) is 7.21. The smallest absolute Gasteiger partial charge is 0.123 e. The van der Waals surface area contributed by atoms with Gasteiger partial charge in [0.05, 0.1) is 0 Å². The minimum atomic E-state index is -0.233. The van der Waals surface area contributed by atoms with Gasteiger partial charge >= 0.3 is 0 Å². The molecule has 3 heterocycles. The summed E-state index contributed by atoms with van der Waals surface area (Å²) < 4.78 is 27.9. The summed E-state index contributed by atoms with van der Waals surface area (Å²) >= 11 is 6.43. The molecule has 2 atom stereocenters. The minimum absolute atomic E-state index is 0.181. The second kappa shape index (κ2) is 12.8. The zero-order valence-corrected chi connectivity index (χ0v) is 24.8. The third-order valence-corrected chi connectivity index (χ3v) is 9.73. The molecule has 4 nitrogen and oxygen atoms in total. The van der Waals surface area contributed by atoms with Crippen LogP contribution in [0.4, 0.5) is 20.2 Å². The van der Waals surface area contributed by atoms with Gasteiger partial charge in [-0.1, -0.05) is 30.7 Å². The molecule has 0 aromatic heterocycles. The lowest BCUT2D eigenvalue weighted by Gasteiger charge is -2.39. The second-order valence-corrected chi connectivity index (χ2v) is 12.3. The summed E-state index contributed by atoms with van der Waals surface area (Å²) in [6.45, 7) is 11.8. The Morgan fingerprint density at radius 2 is 1.51 bits per heavy atom. The summed E-state index contributed by atoms with van der Waals surface area (Å²) in [6.07, 6.45) is 4.37. The molecule has 3 aromatic carbocycles. The third kappa shape index (κ3) is 6.31. The van der Waals surface area contributed by atoms with Gasteiger partial charge in [0.2, 0.25) is 0 Å². The van der Waals surface area contributed by atoms with Crippen molar-refractivity contribution in [2.45, 2.75) is 51.1 Å². The second-order valence-electron chi connectivity index (χ2n) is 11.9. The summed E-state index contributed by atoms with van der Waals surface area (Å²) in [5.41, 5.74) is 5.79. The van der Waals surface area contributed by atoms with Crippen LogP contribution in [0.1, 0.15) is 48.8 Å². The first kappa shape index (κ1) is 28.6. The molecule has 3 aliphatic heterocycles. The molecule has 41 heavy (non-hydrogen) atoms. The van der Waals surface area contributed by atoms with Crippen LogP contribution in [0, 0.1) is 11.6 Å². The molecule has 6 rings (SSSR count). The van der Waals surface area contributed by atoms with Gasteiger partial charge in [0.25, 0.3) is 0 Å². The Balaban J connectivity index is 0.975. The van der Waals surface area contributed by atoms with E-state index in [0.29, 0.717) is 0 Å². The van der Waals surface area contributed by atoms with E-state index in [1.165, 1.54) is 36.1 Å². The molecule has 2 fully saturated rings. The number of piperidine rings is 1. The van der Waals surface area contributed by atoms with Gasteiger partial charge in [0, 0.05) is 74.2 Å². The first-order valence-corrected chi connectivity index (χ1v) is 15.7. The van der Waals surface area contributed by atoms with Crippen LogP contribution in [0.2, 0.25) is 5.02 Å². The number of anilines is 2. The van der Waals surface area contributed by atoms with Crippen molar-refractivity contribution in [1.29, 1.82) is 0 Å². The number of halogens is 3. The molecule has 2 unspecified atom stereocenters. The molecule has 218 valence electrons. The molecular weight excluding hydrogens is 538 g/mol. The van der Waals surface area contributed by atoms with E-state index in [-0.39, 0.29) is 23.6 Å². The van der Waals surface area contributed by atoms with E-state index in [1.807, 2.05) is 24.3 Å². The van der Waals surface area contributed by atoms with E-state index < -0.39 is 0 Å². The fourth-order valence-corrected chi connectivity index (χ4v) is 7.54. The first-order valence-electron chi connectivity index (χ1n) is 15.3.